The van der Waals surface area contributed by atoms with E-state index in [1.54, 1.807) is 83.1 Å². The van der Waals surface area contributed by atoms with Crippen LogP contribution in [0.25, 0.3) is 0 Å². The van der Waals surface area contributed by atoms with Crippen LogP contribution in [-0.2, 0) is 38.1 Å². The zero-order valence-corrected chi connectivity index (χ0v) is 35.7. The minimum absolute atomic E-state index is 0.0116. The van der Waals surface area contributed by atoms with Crippen LogP contribution >= 0.6 is 0 Å². The second kappa shape index (κ2) is 22.2. The van der Waals surface area contributed by atoms with Gasteiger partial charge in [-0.05, 0) is 95.2 Å². The van der Waals surface area contributed by atoms with E-state index in [0.29, 0.717) is 0 Å². The average Bonchev–Trinajstić information content (AvgIpc) is 2.99. The van der Waals surface area contributed by atoms with E-state index in [9.17, 15) is 38.4 Å². The Morgan fingerprint density at radius 2 is 0.534 bits per heavy atom. The summed E-state index contributed by atoms with van der Waals surface area (Å²) in [5, 5.41) is 20.5. The summed E-state index contributed by atoms with van der Waals surface area (Å²) in [5.41, 5.74) is -3.10. The number of carbonyl (C=O) groups is 8. The van der Waals surface area contributed by atoms with Gasteiger partial charge in [-0.2, -0.15) is 0 Å². The van der Waals surface area contributed by atoms with Crippen molar-refractivity contribution >= 4 is 70.8 Å². The number of hydrogen-bond acceptors (Lipinski definition) is 12. The molecule has 0 heterocycles. The fourth-order valence-electron chi connectivity index (χ4n) is 4.23. The van der Waals surface area contributed by atoms with Crippen molar-refractivity contribution in [3.05, 3.63) is 12.1 Å². The van der Waals surface area contributed by atoms with Gasteiger partial charge in [0.1, 0.15) is 22.4 Å². The third-order valence-corrected chi connectivity index (χ3v) is 6.34. The first-order valence-electron chi connectivity index (χ1n) is 18.7. The van der Waals surface area contributed by atoms with Gasteiger partial charge in [0.05, 0.1) is 22.7 Å². The second-order valence-electron chi connectivity index (χ2n) is 16.9. The molecule has 20 nitrogen and oxygen atoms in total. The van der Waals surface area contributed by atoms with Crippen LogP contribution in [-0.4, -0.2) is 96.6 Å². The van der Waals surface area contributed by atoms with Crippen LogP contribution in [0.15, 0.2) is 12.1 Å². The molecule has 1 aromatic rings. The molecule has 0 aromatic heterocycles. The lowest BCUT2D eigenvalue weighted by Gasteiger charge is -2.21. The molecule has 0 bridgehead atoms. The van der Waals surface area contributed by atoms with E-state index in [1.165, 1.54) is 12.1 Å². The fraction of sp³-hybridized carbons (Fsp3) is 0.632. The summed E-state index contributed by atoms with van der Waals surface area (Å²) in [6.45, 7) is 19.8. The molecule has 0 saturated heterocycles. The van der Waals surface area contributed by atoms with E-state index in [-0.39, 0.29) is 74.6 Å². The van der Waals surface area contributed by atoms with Crippen molar-refractivity contribution in [1.29, 1.82) is 0 Å². The highest BCUT2D eigenvalue weighted by atomic mass is 16.6. The molecule has 0 spiro atoms. The van der Waals surface area contributed by atoms with Crippen LogP contribution in [0.4, 0.5) is 41.9 Å². The SMILES string of the molecule is CC(C)(C)OC(=O)NCCC(=O)Nc1cc(NC(=O)CCNC(=O)OC(C)(C)C)c(NC(=O)CCNC(=O)OC(C)(C)C)cc1NC(=O)CCNC(=O)OC(C)(C)C. The van der Waals surface area contributed by atoms with Gasteiger partial charge in [-0.15, -0.1) is 0 Å². The molecule has 58 heavy (non-hydrogen) atoms. The third kappa shape index (κ3) is 24.6. The Morgan fingerprint density at radius 3 is 0.690 bits per heavy atom. The van der Waals surface area contributed by atoms with E-state index in [4.69, 9.17) is 18.9 Å². The van der Waals surface area contributed by atoms with E-state index in [2.05, 4.69) is 42.5 Å². The van der Waals surface area contributed by atoms with Gasteiger partial charge in [-0.1, -0.05) is 0 Å². The molecule has 0 saturated carbocycles. The number of carbonyl (C=O) groups excluding carboxylic acids is 8. The van der Waals surface area contributed by atoms with Gasteiger partial charge < -0.3 is 61.5 Å². The van der Waals surface area contributed by atoms with Crippen LogP contribution in [0.3, 0.4) is 0 Å². The number of ether oxygens (including phenoxy) is 4. The third-order valence-electron chi connectivity index (χ3n) is 6.34. The zero-order chi connectivity index (χ0) is 44.5. The predicted molar refractivity (Wildman–Crippen MR) is 216 cm³/mol. The molecule has 8 amide bonds. The van der Waals surface area contributed by atoms with Gasteiger partial charge in [-0.3, -0.25) is 19.2 Å². The van der Waals surface area contributed by atoms with Crippen LogP contribution in [0.2, 0.25) is 0 Å². The van der Waals surface area contributed by atoms with Crippen molar-refractivity contribution in [2.75, 3.05) is 47.4 Å². The molecule has 0 fully saturated rings. The lowest BCUT2D eigenvalue weighted by molar-refractivity contribution is -0.117. The molecule has 0 aliphatic rings. The lowest BCUT2D eigenvalue weighted by atomic mass is 10.1. The van der Waals surface area contributed by atoms with Crippen LogP contribution in [0, 0.1) is 0 Å². The largest absolute Gasteiger partial charge is 0.444 e. The molecule has 0 atom stereocenters. The van der Waals surface area contributed by atoms with Crippen molar-refractivity contribution in [2.45, 2.75) is 131 Å². The normalized spacial score (nSPS) is 11.5. The number of amides is 8. The van der Waals surface area contributed by atoms with Crippen molar-refractivity contribution in [3.63, 3.8) is 0 Å². The van der Waals surface area contributed by atoms with Gasteiger partial charge >= 0.3 is 24.4 Å². The zero-order valence-electron chi connectivity index (χ0n) is 35.7. The number of nitrogens with one attached hydrogen (secondary N) is 8. The number of anilines is 4. The number of alkyl carbamates (subject to hydrolysis) is 4. The highest BCUT2D eigenvalue weighted by molar-refractivity contribution is 6.06. The van der Waals surface area contributed by atoms with Crippen LogP contribution < -0.4 is 42.5 Å². The van der Waals surface area contributed by atoms with Gasteiger partial charge in [0, 0.05) is 51.9 Å². The number of hydrogen-bond donors (Lipinski definition) is 8. The quantitative estimate of drug-likeness (QED) is 0.101. The average molecular weight is 823 g/mol. The van der Waals surface area contributed by atoms with Gasteiger partial charge in [0.2, 0.25) is 23.6 Å². The summed E-state index contributed by atoms with van der Waals surface area (Å²) < 4.78 is 20.8. The minimum atomic E-state index is -0.764. The maximum Gasteiger partial charge on any atom is 0.407 e. The molecule has 326 valence electrons. The molecule has 8 N–H and O–H groups in total. The topological polar surface area (TPSA) is 270 Å². The molecule has 0 radical (unpaired) electrons. The fourth-order valence-corrected chi connectivity index (χ4v) is 4.23. The molecular weight excluding hydrogens is 760 g/mol. The summed E-state index contributed by atoms with van der Waals surface area (Å²) in [7, 11) is 0. The van der Waals surface area contributed by atoms with Crippen LogP contribution in [0.5, 0.6) is 0 Å². The highest BCUT2D eigenvalue weighted by Gasteiger charge is 2.22. The number of rotatable bonds is 16. The Hall–Kier alpha value is -5.82. The Morgan fingerprint density at radius 1 is 0.362 bits per heavy atom. The molecule has 0 aliphatic carbocycles. The first-order chi connectivity index (χ1) is 26.5. The monoisotopic (exact) mass is 822 g/mol. The second-order valence-corrected chi connectivity index (χ2v) is 16.9. The minimum Gasteiger partial charge on any atom is -0.444 e. The van der Waals surface area contributed by atoms with Gasteiger partial charge in [-0.25, -0.2) is 19.2 Å². The summed E-state index contributed by atoms with van der Waals surface area (Å²) in [4.78, 5) is 101. The Balaban J connectivity index is 3.41. The standard InChI is InChI=1S/C38H62N8O12/c1-35(2,3)55-31(51)39-17-13-27(47)43-23-21-25(45-29(49)15-19-41-33(53)57-37(7,8)9)26(46-30(50)16-20-42-34(54)58-38(10,11)12)22-24(23)44-28(48)14-18-40-32(52)56-36(4,5)6/h21-22H,13-20H2,1-12H3,(H,39,51)(H,40,52)(H,41,53)(H,42,54)(H,43,47)(H,44,48)(H,45,49)(H,46,50). The summed E-state index contributed by atoms with van der Waals surface area (Å²) in [6.07, 6.45) is -3.86. The Labute approximate surface area is 339 Å². The van der Waals surface area contributed by atoms with Crippen molar-refractivity contribution in [3.8, 4) is 0 Å². The van der Waals surface area contributed by atoms with Gasteiger partial charge in [0.15, 0.2) is 0 Å². The lowest BCUT2D eigenvalue weighted by Crippen LogP contribution is -2.34. The molecule has 0 aliphatic heterocycles. The van der Waals surface area contributed by atoms with Crippen LogP contribution in [0.1, 0.15) is 109 Å². The molecule has 1 rings (SSSR count). The maximum absolute atomic E-state index is 13.1. The van der Waals surface area contributed by atoms with E-state index in [1.807, 2.05) is 0 Å². The molecule has 0 unspecified atom stereocenters. The van der Waals surface area contributed by atoms with E-state index >= 15 is 0 Å². The van der Waals surface area contributed by atoms with E-state index in [0.717, 1.165) is 0 Å². The molecule has 1 aromatic carbocycles. The highest BCUT2D eigenvalue weighted by Crippen LogP contribution is 2.34. The first kappa shape index (κ1) is 50.2. The Bertz CT molecular complexity index is 1400. The molecular formula is C38H62N8O12. The predicted octanol–water partition coefficient (Wildman–Crippen LogP) is 5.10. The Kier molecular flexibility index (Phi) is 19.2. The summed E-state index contributed by atoms with van der Waals surface area (Å²) in [6, 6.07) is 2.59. The molecule has 20 heteroatoms. The van der Waals surface area contributed by atoms with Gasteiger partial charge in [0.25, 0.3) is 0 Å². The van der Waals surface area contributed by atoms with E-state index < -0.39 is 70.4 Å². The van der Waals surface area contributed by atoms with Crippen molar-refractivity contribution < 1.29 is 57.3 Å². The summed E-state index contributed by atoms with van der Waals surface area (Å²) >= 11 is 0. The smallest absolute Gasteiger partial charge is 0.407 e. The van der Waals surface area contributed by atoms with Crippen molar-refractivity contribution in [1.82, 2.24) is 21.3 Å². The summed E-state index contributed by atoms with van der Waals surface area (Å²) in [5.74, 6) is -2.44. The first-order valence-corrected chi connectivity index (χ1v) is 18.7. The van der Waals surface area contributed by atoms with Crippen molar-refractivity contribution in [2.24, 2.45) is 0 Å². The number of benzene rings is 1. The maximum atomic E-state index is 13.1.